The maximum atomic E-state index is 13.1. The summed E-state index contributed by atoms with van der Waals surface area (Å²) in [4.78, 5) is 0. The summed E-state index contributed by atoms with van der Waals surface area (Å²) in [5.74, 6) is 1.37. The van der Waals surface area contributed by atoms with Crippen LogP contribution in [0.5, 0.6) is 11.5 Å². The maximum Gasteiger partial charge on any atom is 0.157 e. The van der Waals surface area contributed by atoms with Gasteiger partial charge in [-0.15, -0.1) is 11.6 Å². The molecule has 0 bridgehead atoms. The number of hydrogen-bond donors (Lipinski definition) is 2. The smallest absolute Gasteiger partial charge is 0.157 e. The molecule has 2 N–H and O–H groups in total. The second-order valence-corrected chi connectivity index (χ2v) is 7.19. The minimum absolute atomic E-state index is 0.136. The molecule has 6 heteroatoms. The molecule has 0 saturated carbocycles. The molecular weight excluding hydrogens is 371 g/mol. The van der Waals surface area contributed by atoms with Crippen LogP contribution in [0.25, 0.3) is 0 Å². The van der Waals surface area contributed by atoms with Gasteiger partial charge in [-0.25, -0.2) is 4.39 Å². The van der Waals surface area contributed by atoms with E-state index in [0.29, 0.717) is 11.5 Å². The molecule has 0 aromatic heterocycles. The SMILES string of the molecule is CC(C)(c1ccc(OC[C@H](O)CCl)cc1)c1ccc(OC[C@@H](F)CO)cc1. The molecule has 0 aliphatic carbocycles. The van der Waals surface area contributed by atoms with E-state index < -0.39 is 18.9 Å². The van der Waals surface area contributed by atoms with Gasteiger partial charge in [0.2, 0.25) is 0 Å². The van der Waals surface area contributed by atoms with Gasteiger partial charge in [-0.05, 0) is 35.4 Å². The van der Waals surface area contributed by atoms with E-state index in [2.05, 4.69) is 13.8 Å². The number of ether oxygens (including phenoxy) is 2. The largest absolute Gasteiger partial charge is 0.491 e. The summed E-state index contributed by atoms with van der Waals surface area (Å²) in [6.45, 7) is 3.66. The van der Waals surface area contributed by atoms with Crippen LogP contribution in [0, 0.1) is 0 Å². The standard InChI is InChI=1S/C21H26ClFO4/c1-21(2,15-3-7-19(8-4-15)26-13-17(23)12-24)16-5-9-20(10-6-16)27-14-18(25)11-22/h3-10,17-18,24-25H,11-14H2,1-2H3/t17-,18+/m0/s1. The first-order valence-corrected chi connectivity index (χ1v) is 9.36. The highest BCUT2D eigenvalue weighted by Gasteiger charge is 2.23. The Balaban J connectivity index is 2.04. The van der Waals surface area contributed by atoms with Crippen LogP contribution in [0.1, 0.15) is 25.0 Å². The zero-order chi connectivity index (χ0) is 19.9. The summed E-state index contributed by atoms with van der Waals surface area (Å²) in [5, 5.41) is 18.2. The molecule has 2 aromatic rings. The third-order valence-corrected chi connectivity index (χ3v) is 4.76. The Morgan fingerprint density at radius 2 is 1.37 bits per heavy atom. The van der Waals surface area contributed by atoms with Crippen molar-refractivity contribution in [2.45, 2.75) is 31.5 Å². The highest BCUT2D eigenvalue weighted by Crippen LogP contribution is 2.33. The van der Waals surface area contributed by atoms with E-state index in [9.17, 15) is 9.50 Å². The van der Waals surface area contributed by atoms with Crippen molar-refractivity contribution in [3.05, 3.63) is 59.7 Å². The van der Waals surface area contributed by atoms with Gasteiger partial charge in [0, 0.05) is 5.41 Å². The number of hydrogen-bond acceptors (Lipinski definition) is 4. The lowest BCUT2D eigenvalue weighted by Crippen LogP contribution is -2.20. The maximum absolute atomic E-state index is 13.1. The molecule has 0 unspecified atom stereocenters. The van der Waals surface area contributed by atoms with Crippen molar-refractivity contribution in [1.82, 2.24) is 0 Å². The van der Waals surface area contributed by atoms with Crippen LogP contribution in [-0.2, 0) is 5.41 Å². The Bertz CT molecular complexity index is 629. The molecule has 148 valence electrons. The second-order valence-electron chi connectivity index (χ2n) is 6.88. The molecule has 0 aliphatic rings. The summed E-state index contributed by atoms with van der Waals surface area (Å²) in [5.41, 5.74) is 1.94. The van der Waals surface area contributed by atoms with Gasteiger partial charge in [-0.1, -0.05) is 38.1 Å². The molecule has 2 atom stereocenters. The molecule has 4 nitrogen and oxygen atoms in total. The van der Waals surface area contributed by atoms with Gasteiger partial charge in [0.1, 0.15) is 30.8 Å². The number of benzene rings is 2. The van der Waals surface area contributed by atoms with E-state index in [4.69, 9.17) is 26.2 Å². The average Bonchev–Trinajstić information content (AvgIpc) is 2.70. The first kappa shape index (κ1) is 21.5. The van der Waals surface area contributed by atoms with Gasteiger partial charge in [-0.2, -0.15) is 0 Å². The number of alkyl halides is 2. The Morgan fingerprint density at radius 1 is 0.926 bits per heavy atom. The molecule has 0 radical (unpaired) electrons. The van der Waals surface area contributed by atoms with Crippen molar-refractivity contribution in [3.8, 4) is 11.5 Å². The summed E-state index contributed by atoms with van der Waals surface area (Å²) < 4.78 is 23.9. The zero-order valence-electron chi connectivity index (χ0n) is 15.6. The van der Waals surface area contributed by atoms with E-state index in [-0.39, 0.29) is 24.5 Å². The molecule has 0 spiro atoms. The molecule has 2 rings (SSSR count). The first-order valence-electron chi connectivity index (χ1n) is 8.82. The van der Waals surface area contributed by atoms with Gasteiger partial charge < -0.3 is 19.7 Å². The minimum atomic E-state index is -1.38. The molecule has 0 saturated heterocycles. The fourth-order valence-electron chi connectivity index (χ4n) is 2.58. The third-order valence-electron chi connectivity index (χ3n) is 4.40. The highest BCUT2D eigenvalue weighted by molar-refractivity contribution is 6.18. The third kappa shape index (κ3) is 6.09. The predicted octanol–water partition coefficient (Wildman–Crippen LogP) is 3.70. The van der Waals surface area contributed by atoms with E-state index in [1.165, 1.54) is 0 Å². The average molecular weight is 397 g/mol. The topological polar surface area (TPSA) is 58.9 Å². The predicted molar refractivity (Wildman–Crippen MR) is 105 cm³/mol. The summed E-state index contributed by atoms with van der Waals surface area (Å²) in [6.07, 6.45) is -2.07. The summed E-state index contributed by atoms with van der Waals surface area (Å²) in [7, 11) is 0. The minimum Gasteiger partial charge on any atom is -0.491 e. The van der Waals surface area contributed by atoms with Crippen LogP contribution >= 0.6 is 11.6 Å². The van der Waals surface area contributed by atoms with Crippen molar-refractivity contribution in [2.75, 3.05) is 25.7 Å². The molecule has 0 fully saturated rings. The number of aliphatic hydroxyl groups is 2. The van der Waals surface area contributed by atoms with Gasteiger partial charge >= 0.3 is 0 Å². The van der Waals surface area contributed by atoms with Crippen LogP contribution in [0.4, 0.5) is 4.39 Å². The van der Waals surface area contributed by atoms with Crippen LogP contribution in [0.2, 0.25) is 0 Å². The molecule has 27 heavy (non-hydrogen) atoms. The number of halogens is 2. The molecule has 0 heterocycles. The lowest BCUT2D eigenvalue weighted by atomic mass is 9.78. The molecule has 2 aromatic carbocycles. The lowest BCUT2D eigenvalue weighted by Gasteiger charge is -2.26. The van der Waals surface area contributed by atoms with Crippen molar-refractivity contribution in [3.63, 3.8) is 0 Å². The monoisotopic (exact) mass is 396 g/mol. The van der Waals surface area contributed by atoms with Gasteiger partial charge in [0.25, 0.3) is 0 Å². The van der Waals surface area contributed by atoms with Gasteiger partial charge in [-0.3, -0.25) is 0 Å². The zero-order valence-corrected chi connectivity index (χ0v) is 16.3. The Hall–Kier alpha value is -1.82. The fourth-order valence-corrected chi connectivity index (χ4v) is 2.67. The Labute approximate surface area is 164 Å². The number of rotatable bonds is 10. The van der Waals surface area contributed by atoms with E-state index in [1.54, 1.807) is 12.1 Å². The Kier molecular flexibility index (Phi) is 7.90. The van der Waals surface area contributed by atoms with Crippen molar-refractivity contribution < 1.29 is 24.1 Å². The summed E-state index contributed by atoms with van der Waals surface area (Å²) in [6, 6.07) is 15.2. The van der Waals surface area contributed by atoms with E-state index in [0.717, 1.165) is 11.1 Å². The van der Waals surface area contributed by atoms with Crippen LogP contribution in [-0.4, -0.2) is 48.2 Å². The second kappa shape index (κ2) is 9.93. The highest BCUT2D eigenvalue weighted by atomic mass is 35.5. The van der Waals surface area contributed by atoms with Gasteiger partial charge in [0.15, 0.2) is 6.17 Å². The van der Waals surface area contributed by atoms with Gasteiger partial charge in [0.05, 0.1) is 12.5 Å². The van der Waals surface area contributed by atoms with E-state index in [1.807, 2.05) is 36.4 Å². The molecule has 0 amide bonds. The molecular formula is C21H26ClFO4. The van der Waals surface area contributed by atoms with Crippen molar-refractivity contribution in [2.24, 2.45) is 0 Å². The normalized spacial score (nSPS) is 13.9. The Morgan fingerprint density at radius 3 is 1.78 bits per heavy atom. The molecule has 0 aliphatic heterocycles. The fraction of sp³-hybridized carbons (Fsp3) is 0.429. The lowest BCUT2D eigenvalue weighted by molar-refractivity contribution is 0.123. The van der Waals surface area contributed by atoms with Crippen LogP contribution in [0.3, 0.4) is 0 Å². The van der Waals surface area contributed by atoms with Crippen LogP contribution < -0.4 is 9.47 Å². The summed E-state index contributed by atoms with van der Waals surface area (Å²) >= 11 is 5.56. The van der Waals surface area contributed by atoms with Crippen molar-refractivity contribution in [1.29, 1.82) is 0 Å². The van der Waals surface area contributed by atoms with Crippen LogP contribution in [0.15, 0.2) is 48.5 Å². The number of aliphatic hydroxyl groups excluding tert-OH is 2. The van der Waals surface area contributed by atoms with E-state index >= 15 is 0 Å². The quantitative estimate of drug-likeness (QED) is 0.601. The van der Waals surface area contributed by atoms with Crippen molar-refractivity contribution >= 4 is 11.6 Å². The first-order chi connectivity index (χ1) is 12.9.